The molecule has 6 heteroatoms. The number of hydrogen-bond acceptors (Lipinski definition) is 4. The number of benzene rings is 1. The summed E-state index contributed by atoms with van der Waals surface area (Å²) in [4.78, 5) is 16.9. The van der Waals surface area contributed by atoms with Crippen LogP contribution in [0.5, 0.6) is 5.75 Å². The fourth-order valence-electron chi connectivity index (χ4n) is 3.72. The predicted molar refractivity (Wildman–Crippen MR) is 106 cm³/mol. The Kier molecular flexibility index (Phi) is 7.78. The van der Waals surface area contributed by atoms with Crippen LogP contribution in [-0.4, -0.2) is 61.8 Å². The van der Waals surface area contributed by atoms with Gasteiger partial charge in [-0.3, -0.25) is 4.90 Å². The maximum atomic E-state index is 12.5. The molecule has 0 aromatic heterocycles. The standard InChI is InChI=1S/C21H33N3O3/c1-2-26-13-6-9-22-21(25)24-12-14-27-20-8-7-18(15-19(20)17-24)16-23-10-4-3-5-11-23/h7-8,15H,2-6,9-14,16-17H2,1H3,(H,22,25). The number of nitrogens with zero attached hydrogens (tertiary/aromatic N) is 2. The van der Waals surface area contributed by atoms with Crippen molar-refractivity contribution in [2.45, 2.75) is 45.7 Å². The minimum Gasteiger partial charge on any atom is -0.491 e. The molecule has 2 amide bonds. The van der Waals surface area contributed by atoms with Gasteiger partial charge in [0.15, 0.2) is 0 Å². The fourth-order valence-corrected chi connectivity index (χ4v) is 3.72. The summed E-state index contributed by atoms with van der Waals surface area (Å²) in [6.45, 7) is 9.10. The van der Waals surface area contributed by atoms with Gasteiger partial charge < -0.3 is 19.7 Å². The quantitative estimate of drug-likeness (QED) is 0.745. The average molecular weight is 376 g/mol. The van der Waals surface area contributed by atoms with E-state index in [9.17, 15) is 4.79 Å². The Morgan fingerprint density at radius 3 is 2.89 bits per heavy atom. The molecule has 3 rings (SSSR count). The lowest BCUT2D eigenvalue weighted by molar-refractivity contribution is 0.143. The molecule has 2 aliphatic heterocycles. The van der Waals surface area contributed by atoms with Crippen molar-refractivity contribution in [2.75, 3.05) is 46.0 Å². The number of nitrogens with one attached hydrogen (secondary N) is 1. The van der Waals surface area contributed by atoms with Crippen molar-refractivity contribution < 1.29 is 14.3 Å². The summed E-state index contributed by atoms with van der Waals surface area (Å²) in [5.41, 5.74) is 2.41. The minimum absolute atomic E-state index is 0.0237. The molecule has 2 heterocycles. The molecular weight excluding hydrogens is 342 g/mol. The SMILES string of the molecule is CCOCCCNC(=O)N1CCOc2ccc(CN3CCCCC3)cc2C1. The van der Waals surface area contributed by atoms with Gasteiger partial charge in [0, 0.05) is 31.9 Å². The summed E-state index contributed by atoms with van der Waals surface area (Å²) in [6.07, 6.45) is 4.78. The molecule has 0 radical (unpaired) electrons. The first kappa shape index (κ1) is 20.0. The number of piperidine rings is 1. The van der Waals surface area contributed by atoms with Gasteiger partial charge >= 0.3 is 6.03 Å². The van der Waals surface area contributed by atoms with Gasteiger partial charge in [-0.25, -0.2) is 4.79 Å². The predicted octanol–water partition coefficient (Wildman–Crippen LogP) is 3.00. The third kappa shape index (κ3) is 6.11. The molecule has 1 aromatic carbocycles. The highest BCUT2D eigenvalue weighted by Gasteiger charge is 2.20. The highest BCUT2D eigenvalue weighted by atomic mass is 16.5. The van der Waals surface area contributed by atoms with E-state index in [1.807, 2.05) is 11.8 Å². The Bertz CT molecular complexity index is 602. The maximum Gasteiger partial charge on any atom is 0.317 e. The lowest BCUT2D eigenvalue weighted by Gasteiger charge is -2.26. The van der Waals surface area contributed by atoms with Crippen molar-refractivity contribution in [3.05, 3.63) is 29.3 Å². The number of hydrogen-bond donors (Lipinski definition) is 1. The van der Waals surface area contributed by atoms with Crippen LogP contribution >= 0.6 is 0 Å². The van der Waals surface area contributed by atoms with Gasteiger partial charge in [0.1, 0.15) is 12.4 Å². The van der Waals surface area contributed by atoms with Crippen molar-refractivity contribution in [3.8, 4) is 5.75 Å². The summed E-state index contributed by atoms with van der Waals surface area (Å²) in [5, 5.41) is 2.99. The molecule has 0 aliphatic carbocycles. The second kappa shape index (κ2) is 10.5. The van der Waals surface area contributed by atoms with Crippen LogP contribution in [0.25, 0.3) is 0 Å². The zero-order valence-electron chi connectivity index (χ0n) is 16.5. The Morgan fingerprint density at radius 1 is 1.22 bits per heavy atom. The average Bonchev–Trinajstić information content (AvgIpc) is 2.90. The minimum atomic E-state index is -0.0237. The third-order valence-corrected chi connectivity index (χ3v) is 5.19. The molecule has 1 aromatic rings. The van der Waals surface area contributed by atoms with Crippen molar-refractivity contribution in [1.82, 2.24) is 15.1 Å². The number of ether oxygens (including phenoxy) is 2. The maximum absolute atomic E-state index is 12.5. The normalized spacial score (nSPS) is 17.7. The fraction of sp³-hybridized carbons (Fsp3) is 0.667. The van der Waals surface area contributed by atoms with E-state index in [0.29, 0.717) is 39.5 Å². The smallest absolute Gasteiger partial charge is 0.317 e. The number of rotatable bonds is 7. The first-order valence-corrected chi connectivity index (χ1v) is 10.3. The summed E-state index contributed by atoms with van der Waals surface area (Å²) in [6, 6.07) is 6.42. The zero-order chi connectivity index (χ0) is 18.9. The van der Waals surface area contributed by atoms with Gasteiger partial charge in [-0.15, -0.1) is 0 Å². The largest absolute Gasteiger partial charge is 0.491 e. The van der Waals surface area contributed by atoms with Crippen LogP contribution in [0.1, 0.15) is 43.7 Å². The number of urea groups is 1. The molecule has 0 saturated carbocycles. The molecule has 1 fully saturated rings. The van der Waals surface area contributed by atoms with Crippen molar-refractivity contribution >= 4 is 6.03 Å². The van der Waals surface area contributed by atoms with Crippen LogP contribution in [0.15, 0.2) is 18.2 Å². The van der Waals surface area contributed by atoms with E-state index in [0.717, 1.165) is 24.3 Å². The van der Waals surface area contributed by atoms with Crippen molar-refractivity contribution in [1.29, 1.82) is 0 Å². The summed E-state index contributed by atoms with van der Waals surface area (Å²) in [5.74, 6) is 0.907. The van der Waals surface area contributed by atoms with E-state index in [2.05, 4.69) is 28.4 Å². The lowest BCUT2D eigenvalue weighted by Crippen LogP contribution is -2.41. The van der Waals surface area contributed by atoms with Crippen LogP contribution in [0.3, 0.4) is 0 Å². The molecule has 0 atom stereocenters. The van der Waals surface area contributed by atoms with Gasteiger partial charge in [-0.05, 0) is 57.0 Å². The molecule has 150 valence electrons. The first-order valence-electron chi connectivity index (χ1n) is 10.3. The topological polar surface area (TPSA) is 54.0 Å². The van der Waals surface area contributed by atoms with Gasteiger partial charge in [0.25, 0.3) is 0 Å². The van der Waals surface area contributed by atoms with Gasteiger partial charge in [-0.2, -0.15) is 0 Å². The molecule has 0 spiro atoms. The Balaban J connectivity index is 1.56. The van der Waals surface area contributed by atoms with Crippen LogP contribution < -0.4 is 10.1 Å². The van der Waals surface area contributed by atoms with Crippen LogP contribution in [-0.2, 0) is 17.8 Å². The number of fused-ring (bicyclic) bond motifs is 1. The van der Waals surface area contributed by atoms with Gasteiger partial charge in [0.2, 0.25) is 0 Å². The third-order valence-electron chi connectivity index (χ3n) is 5.19. The number of amides is 2. The Morgan fingerprint density at radius 2 is 2.07 bits per heavy atom. The molecule has 1 saturated heterocycles. The number of carbonyl (C=O) groups excluding carboxylic acids is 1. The lowest BCUT2D eigenvalue weighted by atomic mass is 10.1. The van der Waals surface area contributed by atoms with E-state index >= 15 is 0 Å². The van der Waals surface area contributed by atoms with E-state index < -0.39 is 0 Å². The van der Waals surface area contributed by atoms with Crippen molar-refractivity contribution in [3.63, 3.8) is 0 Å². The van der Waals surface area contributed by atoms with Gasteiger partial charge in [-0.1, -0.05) is 12.5 Å². The summed E-state index contributed by atoms with van der Waals surface area (Å²) < 4.78 is 11.2. The molecule has 0 bridgehead atoms. The second-order valence-corrected chi connectivity index (χ2v) is 7.33. The summed E-state index contributed by atoms with van der Waals surface area (Å²) >= 11 is 0. The Hall–Kier alpha value is -1.79. The number of likely N-dealkylation sites (tertiary alicyclic amines) is 1. The highest BCUT2D eigenvalue weighted by Crippen LogP contribution is 2.25. The van der Waals surface area contributed by atoms with Crippen LogP contribution in [0, 0.1) is 0 Å². The van der Waals surface area contributed by atoms with Crippen LogP contribution in [0.2, 0.25) is 0 Å². The second-order valence-electron chi connectivity index (χ2n) is 7.33. The van der Waals surface area contributed by atoms with Crippen LogP contribution in [0.4, 0.5) is 4.79 Å². The Labute approximate surface area is 162 Å². The molecular formula is C21H33N3O3. The first-order chi connectivity index (χ1) is 13.3. The molecule has 27 heavy (non-hydrogen) atoms. The highest BCUT2D eigenvalue weighted by molar-refractivity contribution is 5.74. The molecule has 2 aliphatic rings. The van der Waals surface area contributed by atoms with Crippen molar-refractivity contribution in [2.24, 2.45) is 0 Å². The summed E-state index contributed by atoms with van der Waals surface area (Å²) in [7, 11) is 0. The van der Waals surface area contributed by atoms with E-state index in [1.165, 1.54) is 37.9 Å². The van der Waals surface area contributed by atoms with E-state index in [1.54, 1.807) is 0 Å². The molecule has 0 unspecified atom stereocenters. The number of carbonyl (C=O) groups is 1. The van der Waals surface area contributed by atoms with Gasteiger partial charge in [0.05, 0.1) is 13.1 Å². The zero-order valence-corrected chi connectivity index (χ0v) is 16.5. The monoisotopic (exact) mass is 375 g/mol. The van der Waals surface area contributed by atoms with E-state index in [-0.39, 0.29) is 6.03 Å². The van der Waals surface area contributed by atoms with E-state index in [4.69, 9.17) is 9.47 Å². The molecule has 6 nitrogen and oxygen atoms in total. The molecule has 1 N–H and O–H groups in total.